The summed E-state index contributed by atoms with van der Waals surface area (Å²) < 4.78 is 21.9. The summed E-state index contributed by atoms with van der Waals surface area (Å²) in [5.74, 6) is 2.80. The Bertz CT molecular complexity index is 796. The van der Waals surface area contributed by atoms with Crippen LogP contribution in [0.5, 0.6) is 23.0 Å². The normalized spacial score (nSPS) is 11.0. The fourth-order valence-corrected chi connectivity index (χ4v) is 2.74. The average Bonchev–Trinajstić information content (AvgIpc) is 2.66. The molecule has 0 saturated carbocycles. The summed E-state index contributed by atoms with van der Waals surface area (Å²) in [5, 5.41) is 3.03. The molecule has 0 aromatic heterocycles. The van der Waals surface area contributed by atoms with Gasteiger partial charge < -0.3 is 30.0 Å². The van der Waals surface area contributed by atoms with Gasteiger partial charge in [0.2, 0.25) is 0 Å². The van der Waals surface area contributed by atoms with Crippen molar-refractivity contribution in [3.05, 3.63) is 40.4 Å². The Balaban J connectivity index is 2.13. The first-order valence-corrected chi connectivity index (χ1v) is 8.51. The molecule has 0 aliphatic rings. The lowest BCUT2D eigenvalue weighted by atomic mass is 10.2. The zero-order valence-corrected chi connectivity index (χ0v) is 16.7. The van der Waals surface area contributed by atoms with Crippen molar-refractivity contribution in [1.82, 2.24) is 0 Å². The van der Waals surface area contributed by atoms with E-state index in [1.54, 1.807) is 40.6 Å². The number of rotatable bonds is 7. The predicted octanol–water partition coefficient (Wildman–Crippen LogP) is 3.41. The largest absolute Gasteiger partial charge is 0.493 e. The molecule has 0 aliphatic carbocycles. The molecule has 0 fully saturated rings. The van der Waals surface area contributed by atoms with Crippen molar-refractivity contribution in [2.24, 2.45) is 10.7 Å². The van der Waals surface area contributed by atoms with E-state index in [2.05, 4.69) is 26.2 Å². The number of methoxy groups -OCH3 is 4. The van der Waals surface area contributed by atoms with Gasteiger partial charge in [-0.2, -0.15) is 0 Å². The maximum absolute atomic E-state index is 5.99. The highest BCUT2D eigenvalue weighted by Gasteiger charge is 2.10. The SMILES string of the molecule is COc1ccc(NC(N)=NCc2cc(OC)c(OC)cc2Br)cc1OC. The molecule has 0 aliphatic heterocycles. The lowest BCUT2D eigenvalue weighted by Crippen LogP contribution is -2.22. The minimum atomic E-state index is 0.277. The van der Waals surface area contributed by atoms with Crippen LogP contribution >= 0.6 is 15.9 Å². The zero-order chi connectivity index (χ0) is 19.1. The fourth-order valence-electron chi connectivity index (χ4n) is 2.29. The molecule has 0 amide bonds. The highest BCUT2D eigenvalue weighted by molar-refractivity contribution is 9.10. The molecule has 0 saturated heterocycles. The number of benzene rings is 2. The number of aliphatic imine (C=N–C) groups is 1. The number of guanidine groups is 1. The van der Waals surface area contributed by atoms with Crippen molar-refractivity contribution in [3.63, 3.8) is 0 Å². The number of halogens is 1. The van der Waals surface area contributed by atoms with E-state index in [9.17, 15) is 0 Å². The summed E-state index contributed by atoms with van der Waals surface area (Å²) in [6, 6.07) is 9.10. The maximum atomic E-state index is 5.99. The Morgan fingerprint density at radius 3 is 2.12 bits per heavy atom. The lowest BCUT2D eigenvalue weighted by molar-refractivity contribution is 0.354. The summed E-state index contributed by atoms with van der Waals surface area (Å²) in [6.45, 7) is 0.368. The molecule has 2 rings (SSSR count). The van der Waals surface area contributed by atoms with Gasteiger partial charge in [-0.25, -0.2) is 4.99 Å². The Kier molecular flexibility index (Phi) is 6.97. The third kappa shape index (κ3) is 4.72. The minimum Gasteiger partial charge on any atom is -0.493 e. The van der Waals surface area contributed by atoms with E-state index in [-0.39, 0.29) is 5.96 Å². The first-order valence-electron chi connectivity index (χ1n) is 7.71. The van der Waals surface area contributed by atoms with Crippen LogP contribution in [0.15, 0.2) is 39.8 Å². The molecule has 2 aromatic carbocycles. The molecule has 0 spiro atoms. The summed E-state index contributed by atoms with van der Waals surface area (Å²) in [6.07, 6.45) is 0. The fraction of sp³-hybridized carbons (Fsp3) is 0.278. The number of anilines is 1. The summed E-state index contributed by atoms with van der Waals surface area (Å²) in [4.78, 5) is 4.36. The molecule has 0 unspecified atom stereocenters. The lowest BCUT2D eigenvalue weighted by Gasteiger charge is -2.12. The van der Waals surface area contributed by atoms with E-state index in [0.29, 0.717) is 29.5 Å². The van der Waals surface area contributed by atoms with E-state index in [1.165, 1.54) is 0 Å². The quantitative estimate of drug-likeness (QED) is 0.523. The number of ether oxygens (including phenoxy) is 4. The van der Waals surface area contributed by atoms with Crippen LogP contribution in [0.4, 0.5) is 5.69 Å². The van der Waals surface area contributed by atoms with Crippen LogP contribution in [0, 0.1) is 0 Å². The van der Waals surface area contributed by atoms with E-state index in [4.69, 9.17) is 24.7 Å². The summed E-state index contributed by atoms with van der Waals surface area (Å²) in [5.41, 5.74) is 7.65. The molecule has 7 nitrogen and oxygen atoms in total. The molecule has 140 valence electrons. The number of hydrogen-bond acceptors (Lipinski definition) is 5. The predicted molar refractivity (Wildman–Crippen MR) is 106 cm³/mol. The van der Waals surface area contributed by atoms with Gasteiger partial charge in [-0.15, -0.1) is 0 Å². The van der Waals surface area contributed by atoms with Crippen LogP contribution in [0.1, 0.15) is 5.56 Å². The van der Waals surface area contributed by atoms with E-state index < -0.39 is 0 Å². The summed E-state index contributed by atoms with van der Waals surface area (Å²) >= 11 is 3.51. The van der Waals surface area contributed by atoms with Gasteiger partial charge in [-0.3, -0.25) is 0 Å². The van der Waals surface area contributed by atoms with Gasteiger partial charge >= 0.3 is 0 Å². The zero-order valence-electron chi connectivity index (χ0n) is 15.1. The molecule has 3 N–H and O–H groups in total. The first kappa shape index (κ1) is 19.7. The smallest absolute Gasteiger partial charge is 0.193 e. The van der Waals surface area contributed by atoms with Crippen LogP contribution in [-0.4, -0.2) is 34.4 Å². The average molecular weight is 424 g/mol. The Morgan fingerprint density at radius 2 is 1.50 bits per heavy atom. The van der Waals surface area contributed by atoms with Gasteiger partial charge in [0.25, 0.3) is 0 Å². The van der Waals surface area contributed by atoms with Gasteiger partial charge in [-0.05, 0) is 29.8 Å². The van der Waals surface area contributed by atoms with Crippen LogP contribution in [0.25, 0.3) is 0 Å². The van der Waals surface area contributed by atoms with Gasteiger partial charge in [0.15, 0.2) is 29.0 Å². The molecule has 0 bridgehead atoms. The van der Waals surface area contributed by atoms with E-state index >= 15 is 0 Å². The second-order valence-corrected chi connectivity index (χ2v) is 6.05. The molecular weight excluding hydrogens is 402 g/mol. The van der Waals surface area contributed by atoms with Crippen molar-refractivity contribution in [1.29, 1.82) is 0 Å². The molecule has 26 heavy (non-hydrogen) atoms. The Morgan fingerprint density at radius 1 is 0.923 bits per heavy atom. The van der Waals surface area contributed by atoms with Crippen LogP contribution in [0.2, 0.25) is 0 Å². The van der Waals surface area contributed by atoms with Crippen LogP contribution in [0.3, 0.4) is 0 Å². The third-order valence-electron chi connectivity index (χ3n) is 3.63. The third-order valence-corrected chi connectivity index (χ3v) is 4.37. The van der Waals surface area contributed by atoms with Crippen LogP contribution in [-0.2, 0) is 6.54 Å². The highest BCUT2D eigenvalue weighted by atomic mass is 79.9. The van der Waals surface area contributed by atoms with E-state index in [0.717, 1.165) is 15.7 Å². The minimum absolute atomic E-state index is 0.277. The molecule has 0 atom stereocenters. The Hall–Kier alpha value is -2.61. The van der Waals surface area contributed by atoms with E-state index in [1.807, 2.05) is 18.2 Å². The monoisotopic (exact) mass is 423 g/mol. The molecular formula is C18H22BrN3O4. The number of nitrogens with two attached hydrogens (primary N) is 1. The Labute approximate surface area is 161 Å². The van der Waals surface area contributed by atoms with Crippen molar-refractivity contribution in [3.8, 4) is 23.0 Å². The first-order chi connectivity index (χ1) is 12.5. The second-order valence-electron chi connectivity index (χ2n) is 5.19. The molecule has 0 radical (unpaired) electrons. The molecule has 0 heterocycles. The van der Waals surface area contributed by atoms with Gasteiger partial charge in [0.05, 0.1) is 35.0 Å². The number of nitrogens with one attached hydrogen (secondary N) is 1. The van der Waals surface area contributed by atoms with Gasteiger partial charge in [-0.1, -0.05) is 15.9 Å². The van der Waals surface area contributed by atoms with Crippen molar-refractivity contribution in [2.45, 2.75) is 6.54 Å². The molecule has 8 heteroatoms. The van der Waals surface area contributed by atoms with Crippen LogP contribution < -0.4 is 30.0 Å². The standard InChI is InChI=1S/C18H22BrN3O4/c1-23-14-6-5-12(8-16(14)25-3)22-18(20)21-10-11-7-15(24-2)17(26-4)9-13(11)19/h5-9H,10H2,1-4H3,(H3,20,21,22). The summed E-state index contributed by atoms with van der Waals surface area (Å²) in [7, 11) is 6.34. The highest BCUT2D eigenvalue weighted by Crippen LogP contribution is 2.33. The number of hydrogen-bond donors (Lipinski definition) is 2. The second kappa shape index (κ2) is 9.19. The topological polar surface area (TPSA) is 87.3 Å². The van der Waals surface area contributed by atoms with Gasteiger partial charge in [0.1, 0.15) is 0 Å². The number of nitrogens with zero attached hydrogens (tertiary/aromatic N) is 1. The van der Waals surface area contributed by atoms with Crippen molar-refractivity contribution >= 4 is 27.6 Å². The van der Waals surface area contributed by atoms with Gasteiger partial charge in [0, 0.05) is 16.2 Å². The molecule has 2 aromatic rings. The maximum Gasteiger partial charge on any atom is 0.193 e. The van der Waals surface area contributed by atoms with Crippen molar-refractivity contribution < 1.29 is 18.9 Å². The van der Waals surface area contributed by atoms with Crippen molar-refractivity contribution in [2.75, 3.05) is 33.8 Å².